The van der Waals surface area contributed by atoms with Crippen molar-refractivity contribution in [2.75, 3.05) is 120 Å². The lowest BCUT2D eigenvalue weighted by Crippen LogP contribution is -2.44. The minimum atomic E-state index is -0.905. The number of hydrogen-bond donors (Lipinski definition) is 6. The predicted octanol–water partition coefficient (Wildman–Crippen LogP) is 1.65. The van der Waals surface area contributed by atoms with Crippen LogP contribution in [-0.4, -0.2) is 244 Å². The summed E-state index contributed by atoms with van der Waals surface area (Å²) in [6.45, 7) is 25.9. The van der Waals surface area contributed by atoms with Crippen molar-refractivity contribution >= 4 is 71.6 Å². The molecule has 33 nitrogen and oxygen atoms in total. The third-order valence-corrected chi connectivity index (χ3v) is 8.91. The summed E-state index contributed by atoms with van der Waals surface area (Å²) in [4.78, 5) is 131. The van der Waals surface area contributed by atoms with Gasteiger partial charge < -0.3 is 92.2 Å². The Hall–Kier alpha value is -5.76. The van der Waals surface area contributed by atoms with Gasteiger partial charge in [-0.05, 0) is 0 Å². The third-order valence-electron chi connectivity index (χ3n) is 8.91. The number of carbonyl (C=O) groups excluding carboxylic acids is 12. The predicted molar refractivity (Wildman–Crippen MR) is 317 cm³/mol. The van der Waals surface area contributed by atoms with E-state index >= 15 is 0 Å². The van der Waals surface area contributed by atoms with Crippen molar-refractivity contribution in [3.8, 4) is 0 Å². The second kappa shape index (κ2) is 70.1. The minimum Gasteiger partial charge on any atom is -0.393 e. The van der Waals surface area contributed by atoms with Crippen LogP contribution in [0.5, 0.6) is 0 Å². The van der Waals surface area contributed by atoms with Gasteiger partial charge >= 0.3 is 71.6 Å². The third kappa shape index (κ3) is 65.5. The number of esters is 12. The van der Waals surface area contributed by atoms with Gasteiger partial charge in [0, 0.05) is 19.0 Å². The van der Waals surface area contributed by atoms with Crippen LogP contribution in [0.4, 0.5) is 0 Å². The number of carbonyl (C=O) groups is 12. The summed E-state index contributed by atoms with van der Waals surface area (Å²) in [6.07, 6.45) is 6.47. The van der Waals surface area contributed by atoms with E-state index in [0.717, 1.165) is 0 Å². The molecule has 6 saturated heterocycles. The summed E-state index contributed by atoms with van der Waals surface area (Å²) in [7, 11) is 0. The second-order valence-corrected chi connectivity index (χ2v) is 18.8. The summed E-state index contributed by atoms with van der Waals surface area (Å²) in [5, 5.41) is 49.6. The lowest BCUT2D eigenvalue weighted by molar-refractivity contribution is -0.173. The fourth-order valence-electron chi connectivity index (χ4n) is 5.76. The molecule has 2 unspecified atom stereocenters. The summed E-state index contributed by atoms with van der Waals surface area (Å²) in [5.74, 6) is -7.47. The highest BCUT2D eigenvalue weighted by molar-refractivity contribution is 5.96. The molecule has 6 rings (SSSR count). The molecule has 33 heteroatoms. The van der Waals surface area contributed by atoms with E-state index < -0.39 is 110 Å². The van der Waals surface area contributed by atoms with Gasteiger partial charge in [-0.3, -0.25) is 62.5 Å². The van der Waals surface area contributed by atoms with Gasteiger partial charge in [-0.15, -0.1) is 0 Å². The summed E-state index contributed by atoms with van der Waals surface area (Å²) < 4.78 is 58.3. The molecule has 6 aliphatic heterocycles. The number of hydrogen-bond acceptors (Lipinski definition) is 33. The van der Waals surface area contributed by atoms with Gasteiger partial charge in [0.1, 0.15) is 40.8 Å². The fourth-order valence-corrected chi connectivity index (χ4v) is 5.76. The molecule has 0 aliphatic carbocycles. The Bertz CT molecular complexity index is 1850. The van der Waals surface area contributed by atoms with Crippen LogP contribution in [0.2, 0.25) is 0 Å². The van der Waals surface area contributed by atoms with Gasteiger partial charge in [0.2, 0.25) is 0 Å². The zero-order chi connectivity index (χ0) is 70.8. The van der Waals surface area contributed by atoms with Gasteiger partial charge in [-0.25, -0.2) is 4.79 Å². The maximum Gasteiger partial charge on any atom is 0.343 e. The number of ether oxygens (including phenoxy) is 13. The van der Waals surface area contributed by atoms with Gasteiger partial charge in [-0.1, -0.05) is 122 Å². The maximum absolute atomic E-state index is 10.9. The Kier molecular flexibility index (Phi) is 74.2. The van der Waals surface area contributed by atoms with Crippen LogP contribution in [0.1, 0.15) is 160 Å². The SMILES string of the molecule is CCC.CCC.CCC.CCC.CCC.CCC.O=C1CC(COCO)C(=O)O1.O=C1CC(COCO)CC(=O)O1.O=C1CC(OCO)C(=O)O1.O=C1CC(OCO)CC(=O)O1.O=C1CN(CCOCCOCO)CC(=O)O1.O=C1CN(CCOCO)CC(=O)O1. The monoisotopic (exact) mass is 1330 g/mol. The van der Waals surface area contributed by atoms with E-state index in [-0.39, 0.29) is 111 Å². The van der Waals surface area contributed by atoms with Crippen LogP contribution in [0.3, 0.4) is 0 Å². The average molecular weight is 1330 g/mol. The lowest BCUT2D eigenvalue weighted by Gasteiger charge is -2.23. The molecule has 0 spiro atoms. The van der Waals surface area contributed by atoms with E-state index in [0.29, 0.717) is 32.9 Å². The van der Waals surface area contributed by atoms with Crippen molar-refractivity contribution in [2.24, 2.45) is 11.8 Å². The van der Waals surface area contributed by atoms with E-state index in [4.69, 9.17) is 35.4 Å². The van der Waals surface area contributed by atoms with Crippen molar-refractivity contribution in [3.05, 3.63) is 0 Å². The van der Waals surface area contributed by atoms with Crippen LogP contribution in [0, 0.1) is 11.8 Å². The van der Waals surface area contributed by atoms with E-state index in [1.54, 1.807) is 9.80 Å². The Morgan fingerprint density at radius 2 is 0.637 bits per heavy atom. The van der Waals surface area contributed by atoms with Crippen molar-refractivity contribution in [1.82, 2.24) is 9.80 Å². The van der Waals surface area contributed by atoms with E-state index in [1.165, 1.54) is 38.5 Å². The van der Waals surface area contributed by atoms with Gasteiger partial charge in [0.05, 0.1) is 116 Å². The quantitative estimate of drug-likeness (QED) is 0.0313. The molecule has 0 radical (unpaired) electrons. The maximum atomic E-state index is 10.9. The fraction of sp³-hybridized carbons (Fsp3) is 0.793. The highest BCUT2D eigenvalue weighted by Crippen LogP contribution is 2.18. The first kappa shape index (κ1) is 96.3. The Labute approximate surface area is 533 Å². The molecular weight excluding hydrogens is 1220 g/mol. The van der Waals surface area contributed by atoms with E-state index in [2.05, 4.69) is 140 Å². The lowest BCUT2D eigenvalue weighted by atomic mass is 10.0. The minimum absolute atomic E-state index is 0.0340. The number of rotatable bonds is 21. The van der Waals surface area contributed by atoms with E-state index in [9.17, 15) is 57.5 Å². The molecule has 534 valence electrons. The standard InChI is InChI=1S/C9H15NO6.C7H11NO5.C7H10O5.2C6H8O5.C5H6O5.6C3H8/c11-7-15-4-3-14-2-1-10-5-8(12)16-9(13)6-10;9-5-12-2-1-8-3-6(10)13-7(11)4-8;8-4-11-3-5-1-6(9)12-7(10)2-5;7-3-10-2-4-1-5(8)11-6(4)9;7-3-10-4-1-5(8)11-6(9)2-4;6-2-9-3-1-4(7)10-5(3)8;6*1-3-2/h11H,1-7H2;9H,1-5H2;5,8H,1-4H2;2*4,7H,1-3H2;3,6H,1-2H2;6*3H2,1-2H3. The zero-order valence-electron chi connectivity index (χ0n) is 55.3. The first-order chi connectivity index (χ1) is 43.3. The molecule has 0 saturated carbocycles. The molecule has 0 aromatic rings. The van der Waals surface area contributed by atoms with Gasteiger partial charge in [0.25, 0.3) is 0 Å². The largest absolute Gasteiger partial charge is 0.393 e. The molecule has 0 aromatic heterocycles. The first-order valence-electron chi connectivity index (χ1n) is 30.0. The normalized spacial score (nSPS) is 17.6. The first-order valence-corrected chi connectivity index (χ1v) is 30.0. The number of aliphatic hydroxyl groups is 6. The molecule has 0 amide bonds. The molecule has 0 aromatic carbocycles. The molecular formula is C58H106N2O31. The molecule has 91 heavy (non-hydrogen) atoms. The number of cyclic esters (lactones) is 12. The van der Waals surface area contributed by atoms with Gasteiger partial charge in [-0.2, -0.15) is 0 Å². The Balaban J connectivity index is -0.000000227. The Morgan fingerprint density at radius 3 is 0.978 bits per heavy atom. The van der Waals surface area contributed by atoms with Crippen molar-refractivity contribution in [2.45, 2.75) is 172 Å². The van der Waals surface area contributed by atoms with Crippen LogP contribution < -0.4 is 0 Å². The van der Waals surface area contributed by atoms with Crippen LogP contribution in [-0.2, 0) is 119 Å². The van der Waals surface area contributed by atoms with Crippen molar-refractivity contribution < 1.29 is 150 Å². The summed E-state index contributed by atoms with van der Waals surface area (Å²) >= 11 is 0. The highest BCUT2D eigenvalue weighted by atomic mass is 16.7. The number of morpholine rings is 2. The number of aliphatic hydroxyl groups excluding tert-OH is 6. The van der Waals surface area contributed by atoms with Crippen molar-refractivity contribution in [3.63, 3.8) is 0 Å². The number of nitrogens with zero attached hydrogens (tertiary/aromatic N) is 2. The zero-order valence-corrected chi connectivity index (χ0v) is 55.3. The van der Waals surface area contributed by atoms with Crippen LogP contribution >= 0.6 is 0 Å². The average Bonchev–Trinajstić information content (AvgIpc) is 3.23. The Morgan fingerprint density at radius 1 is 0.330 bits per heavy atom. The summed E-state index contributed by atoms with van der Waals surface area (Å²) in [5.41, 5.74) is 0. The molecule has 6 aliphatic rings. The van der Waals surface area contributed by atoms with Crippen LogP contribution in [0.25, 0.3) is 0 Å². The van der Waals surface area contributed by atoms with E-state index in [1.807, 2.05) is 0 Å². The van der Waals surface area contributed by atoms with Crippen molar-refractivity contribution in [1.29, 1.82) is 0 Å². The molecule has 6 heterocycles. The molecule has 2 atom stereocenters. The van der Waals surface area contributed by atoms with Gasteiger partial charge in [0.15, 0.2) is 6.10 Å². The smallest absolute Gasteiger partial charge is 0.343 e. The molecule has 6 N–H and O–H groups in total. The summed E-state index contributed by atoms with van der Waals surface area (Å²) in [6, 6.07) is 0. The topological polar surface area (TPSA) is 453 Å². The van der Waals surface area contributed by atoms with Crippen LogP contribution in [0.15, 0.2) is 0 Å². The molecule has 0 bridgehead atoms. The highest BCUT2D eigenvalue weighted by Gasteiger charge is 2.35. The second-order valence-electron chi connectivity index (χ2n) is 18.8. The molecule has 6 fully saturated rings.